The van der Waals surface area contributed by atoms with Crippen LogP contribution in [0.15, 0.2) is 48.5 Å². The lowest BCUT2D eigenvalue weighted by Gasteiger charge is -2.17. The van der Waals surface area contributed by atoms with E-state index in [0.717, 1.165) is 40.2 Å². The van der Waals surface area contributed by atoms with Gasteiger partial charge in [0.2, 0.25) is 11.8 Å². The molecule has 0 aliphatic rings. The van der Waals surface area contributed by atoms with Gasteiger partial charge in [-0.05, 0) is 54.5 Å². The number of aromatic nitrogens is 2. The fourth-order valence-corrected chi connectivity index (χ4v) is 3.76. The van der Waals surface area contributed by atoms with Gasteiger partial charge in [0.1, 0.15) is 0 Å². The number of nitrogens with zero attached hydrogens (tertiary/aromatic N) is 2. The molecule has 0 spiro atoms. The number of rotatable bonds is 7. The molecule has 180 valence electrons. The summed E-state index contributed by atoms with van der Waals surface area (Å²) in [7, 11) is 0. The summed E-state index contributed by atoms with van der Waals surface area (Å²) in [5, 5.41) is 7.82. The first-order valence-electron chi connectivity index (χ1n) is 11.7. The maximum Gasteiger partial charge on any atom is 0.309 e. The standard InChI is InChI=1S/C28H35N3O3/c1-18(2)16-24-26(21-10-12-22(13-11-21)29-25(33)17-28(5,6)7)27(34-20(4)32)31(30-24)23-14-8-19(3)9-15-23/h8-15,18H,16-17H2,1-7H3,(H,29,33). The molecule has 0 bridgehead atoms. The number of aryl methyl sites for hydroxylation is 1. The van der Waals surface area contributed by atoms with E-state index in [2.05, 4.69) is 19.2 Å². The molecule has 0 fully saturated rings. The van der Waals surface area contributed by atoms with Crippen LogP contribution in [0.3, 0.4) is 0 Å². The van der Waals surface area contributed by atoms with Crippen molar-refractivity contribution < 1.29 is 14.3 Å². The van der Waals surface area contributed by atoms with E-state index in [1.165, 1.54) is 6.92 Å². The first-order valence-corrected chi connectivity index (χ1v) is 11.7. The van der Waals surface area contributed by atoms with Crippen molar-refractivity contribution in [1.29, 1.82) is 0 Å². The molecule has 3 rings (SSSR count). The Morgan fingerprint density at radius 1 is 1.03 bits per heavy atom. The molecule has 34 heavy (non-hydrogen) atoms. The van der Waals surface area contributed by atoms with Crippen molar-refractivity contribution in [1.82, 2.24) is 9.78 Å². The zero-order chi connectivity index (χ0) is 25.0. The van der Waals surface area contributed by atoms with Crippen LogP contribution in [-0.2, 0) is 16.0 Å². The van der Waals surface area contributed by atoms with Crippen LogP contribution in [0.4, 0.5) is 5.69 Å². The van der Waals surface area contributed by atoms with E-state index in [-0.39, 0.29) is 11.3 Å². The third-order valence-electron chi connectivity index (χ3n) is 5.18. The first-order chi connectivity index (χ1) is 15.9. The molecule has 0 aliphatic heterocycles. The minimum Gasteiger partial charge on any atom is -0.407 e. The van der Waals surface area contributed by atoms with E-state index in [1.807, 2.05) is 76.2 Å². The Morgan fingerprint density at radius 3 is 2.18 bits per heavy atom. The third kappa shape index (κ3) is 6.56. The number of hydrogen-bond acceptors (Lipinski definition) is 4. The summed E-state index contributed by atoms with van der Waals surface area (Å²) in [6.07, 6.45) is 1.17. The molecule has 0 unspecified atom stereocenters. The second kappa shape index (κ2) is 10.2. The Bertz CT molecular complexity index is 1150. The van der Waals surface area contributed by atoms with E-state index in [4.69, 9.17) is 9.84 Å². The van der Waals surface area contributed by atoms with Gasteiger partial charge in [-0.25, -0.2) is 0 Å². The van der Waals surface area contributed by atoms with E-state index in [0.29, 0.717) is 18.2 Å². The predicted molar refractivity (Wildman–Crippen MR) is 136 cm³/mol. The first kappa shape index (κ1) is 25.2. The molecule has 0 saturated carbocycles. The summed E-state index contributed by atoms with van der Waals surface area (Å²) < 4.78 is 7.42. The normalized spacial score (nSPS) is 11.5. The molecule has 1 N–H and O–H groups in total. The summed E-state index contributed by atoms with van der Waals surface area (Å²) in [5.74, 6) is 0.336. The lowest BCUT2D eigenvalue weighted by Crippen LogP contribution is -2.19. The van der Waals surface area contributed by atoms with Crippen molar-refractivity contribution in [3.8, 4) is 22.7 Å². The Balaban J connectivity index is 2.05. The summed E-state index contributed by atoms with van der Waals surface area (Å²) >= 11 is 0. The highest BCUT2D eigenvalue weighted by molar-refractivity contribution is 5.91. The zero-order valence-corrected chi connectivity index (χ0v) is 21.2. The van der Waals surface area contributed by atoms with Gasteiger partial charge in [0.15, 0.2) is 0 Å². The average Bonchev–Trinajstić information content (AvgIpc) is 3.04. The Hall–Kier alpha value is -3.41. The van der Waals surface area contributed by atoms with Gasteiger partial charge in [0, 0.05) is 19.0 Å². The fourth-order valence-electron chi connectivity index (χ4n) is 3.76. The average molecular weight is 462 g/mol. The lowest BCUT2D eigenvalue weighted by atomic mass is 9.92. The molecule has 6 nitrogen and oxygen atoms in total. The van der Waals surface area contributed by atoms with Crippen LogP contribution in [0.25, 0.3) is 16.8 Å². The molecular weight excluding hydrogens is 426 g/mol. The molecule has 0 aliphatic carbocycles. The van der Waals surface area contributed by atoms with Crippen molar-refractivity contribution in [3.63, 3.8) is 0 Å². The highest BCUT2D eigenvalue weighted by Gasteiger charge is 2.24. The number of benzene rings is 2. The molecule has 0 radical (unpaired) electrons. The van der Waals surface area contributed by atoms with E-state index >= 15 is 0 Å². The molecule has 1 amide bonds. The van der Waals surface area contributed by atoms with E-state index in [9.17, 15) is 9.59 Å². The smallest absolute Gasteiger partial charge is 0.309 e. The molecular formula is C28H35N3O3. The van der Waals surface area contributed by atoms with Crippen LogP contribution in [0, 0.1) is 18.3 Å². The van der Waals surface area contributed by atoms with Crippen LogP contribution < -0.4 is 10.1 Å². The Morgan fingerprint density at radius 2 is 1.65 bits per heavy atom. The van der Waals surface area contributed by atoms with Gasteiger partial charge in [0.25, 0.3) is 0 Å². The van der Waals surface area contributed by atoms with Crippen LogP contribution in [0.2, 0.25) is 0 Å². The van der Waals surface area contributed by atoms with Gasteiger partial charge >= 0.3 is 5.97 Å². The van der Waals surface area contributed by atoms with Crippen LogP contribution in [-0.4, -0.2) is 21.7 Å². The maximum absolute atomic E-state index is 12.3. The zero-order valence-electron chi connectivity index (χ0n) is 21.2. The second-order valence-electron chi connectivity index (χ2n) is 10.4. The SMILES string of the molecule is CC(=O)Oc1c(-c2ccc(NC(=O)CC(C)(C)C)cc2)c(CC(C)C)nn1-c1ccc(C)cc1. The number of carbonyl (C=O) groups is 2. The number of carbonyl (C=O) groups excluding carboxylic acids is 2. The topological polar surface area (TPSA) is 73.2 Å². The highest BCUT2D eigenvalue weighted by Crippen LogP contribution is 2.37. The maximum atomic E-state index is 12.3. The fraction of sp³-hybridized carbons (Fsp3) is 0.393. The highest BCUT2D eigenvalue weighted by atomic mass is 16.5. The minimum absolute atomic E-state index is 0.0199. The van der Waals surface area contributed by atoms with Gasteiger partial charge in [-0.2, -0.15) is 9.78 Å². The summed E-state index contributed by atoms with van der Waals surface area (Å²) in [6.45, 7) is 13.8. The van der Waals surface area contributed by atoms with Crippen LogP contribution in [0.5, 0.6) is 5.88 Å². The summed E-state index contributed by atoms with van der Waals surface area (Å²) in [6, 6.07) is 15.5. The number of hydrogen-bond donors (Lipinski definition) is 1. The molecule has 2 aromatic carbocycles. The monoisotopic (exact) mass is 461 g/mol. The lowest BCUT2D eigenvalue weighted by molar-refractivity contribution is -0.132. The number of anilines is 1. The second-order valence-corrected chi connectivity index (χ2v) is 10.4. The Kier molecular flexibility index (Phi) is 7.60. The van der Waals surface area contributed by atoms with Gasteiger partial charge in [-0.15, -0.1) is 0 Å². The minimum atomic E-state index is -0.406. The van der Waals surface area contributed by atoms with Gasteiger partial charge < -0.3 is 10.1 Å². The Labute approximate surface area is 202 Å². The van der Waals surface area contributed by atoms with E-state index < -0.39 is 5.97 Å². The molecule has 0 atom stereocenters. The predicted octanol–water partition coefficient (Wildman–Crippen LogP) is 6.35. The van der Waals surface area contributed by atoms with Crippen molar-refractivity contribution in [2.45, 2.75) is 61.3 Å². The number of nitrogens with one attached hydrogen (secondary N) is 1. The molecule has 1 aromatic heterocycles. The molecule has 6 heteroatoms. The number of esters is 1. The quantitative estimate of drug-likeness (QED) is 0.416. The van der Waals surface area contributed by atoms with Crippen LogP contribution >= 0.6 is 0 Å². The van der Waals surface area contributed by atoms with Gasteiger partial charge in [-0.3, -0.25) is 9.59 Å². The van der Waals surface area contributed by atoms with Gasteiger partial charge in [0.05, 0.1) is 16.9 Å². The molecule has 0 saturated heterocycles. The summed E-state index contributed by atoms with van der Waals surface area (Å²) in [4.78, 5) is 24.4. The third-order valence-corrected chi connectivity index (χ3v) is 5.18. The van der Waals surface area contributed by atoms with Gasteiger partial charge in [-0.1, -0.05) is 64.4 Å². The molecule has 3 aromatic rings. The summed E-state index contributed by atoms with van der Waals surface area (Å²) in [5.41, 5.74) is 5.12. The van der Waals surface area contributed by atoms with Crippen molar-refractivity contribution in [3.05, 3.63) is 59.8 Å². The van der Waals surface area contributed by atoms with Crippen LogP contribution in [0.1, 0.15) is 59.2 Å². The number of ether oxygens (including phenoxy) is 1. The largest absolute Gasteiger partial charge is 0.407 e. The van der Waals surface area contributed by atoms with Crippen molar-refractivity contribution in [2.24, 2.45) is 11.3 Å². The van der Waals surface area contributed by atoms with E-state index in [1.54, 1.807) is 4.68 Å². The number of amides is 1. The van der Waals surface area contributed by atoms with Crippen molar-refractivity contribution in [2.75, 3.05) is 5.32 Å². The van der Waals surface area contributed by atoms with Crippen molar-refractivity contribution >= 4 is 17.6 Å². The molecule has 1 heterocycles.